The molecule has 4 aromatic rings. The predicted octanol–water partition coefficient (Wildman–Crippen LogP) is 5.09. The Morgan fingerprint density at radius 1 is 1.00 bits per heavy atom. The molecule has 5 nitrogen and oxygen atoms in total. The van der Waals surface area contributed by atoms with E-state index < -0.39 is 11.8 Å². The molecule has 0 aliphatic heterocycles. The Morgan fingerprint density at radius 3 is 2.56 bits per heavy atom. The SMILES string of the molecule is Cc1ccn2cc(-c3ccc(NC(=O)Nc4cccc(F)c4)cc3)nc2c1. The highest BCUT2D eigenvalue weighted by atomic mass is 19.1. The summed E-state index contributed by atoms with van der Waals surface area (Å²) in [5.41, 5.74) is 4.88. The van der Waals surface area contributed by atoms with Crippen LogP contribution in [0, 0.1) is 12.7 Å². The summed E-state index contributed by atoms with van der Waals surface area (Å²) in [7, 11) is 0. The smallest absolute Gasteiger partial charge is 0.308 e. The van der Waals surface area contributed by atoms with Gasteiger partial charge in [0.25, 0.3) is 0 Å². The molecule has 0 radical (unpaired) electrons. The number of pyridine rings is 1. The maximum Gasteiger partial charge on any atom is 0.323 e. The van der Waals surface area contributed by atoms with Crippen molar-refractivity contribution in [1.29, 1.82) is 0 Å². The number of carbonyl (C=O) groups is 1. The number of anilines is 2. The molecular weight excluding hydrogens is 343 g/mol. The number of carbonyl (C=O) groups excluding carboxylic acids is 1. The highest BCUT2D eigenvalue weighted by Gasteiger charge is 2.07. The number of rotatable bonds is 3. The standard InChI is InChI=1S/C21H17FN4O/c1-14-9-10-26-13-19(25-20(26)11-14)15-5-7-17(8-6-15)23-21(27)24-18-4-2-3-16(22)12-18/h2-13H,1H3,(H2,23,24,27). The van der Waals surface area contributed by atoms with Crippen LogP contribution in [0.1, 0.15) is 5.56 Å². The largest absolute Gasteiger partial charge is 0.323 e. The number of imidazole rings is 1. The van der Waals surface area contributed by atoms with Crippen molar-refractivity contribution in [2.75, 3.05) is 10.6 Å². The minimum Gasteiger partial charge on any atom is -0.308 e. The van der Waals surface area contributed by atoms with Crippen molar-refractivity contribution in [1.82, 2.24) is 9.38 Å². The van der Waals surface area contributed by atoms with Crippen molar-refractivity contribution in [3.8, 4) is 11.3 Å². The average molecular weight is 360 g/mol. The minimum absolute atomic E-state index is 0.393. The third-order valence-electron chi connectivity index (χ3n) is 4.14. The molecule has 0 saturated carbocycles. The van der Waals surface area contributed by atoms with Crippen molar-refractivity contribution >= 4 is 23.1 Å². The van der Waals surface area contributed by atoms with E-state index in [9.17, 15) is 9.18 Å². The van der Waals surface area contributed by atoms with Crippen LogP contribution < -0.4 is 10.6 Å². The Kier molecular flexibility index (Phi) is 4.30. The van der Waals surface area contributed by atoms with Crippen LogP contribution >= 0.6 is 0 Å². The molecule has 0 bridgehead atoms. The highest BCUT2D eigenvalue weighted by molar-refractivity contribution is 5.99. The Hall–Kier alpha value is -3.67. The molecule has 0 unspecified atom stereocenters. The van der Waals surface area contributed by atoms with Crippen LogP contribution in [0.25, 0.3) is 16.9 Å². The fourth-order valence-corrected chi connectivity index (χ4v) is 2.81. The number of hydrogen-bond acceptors (Lipinski definition) is 2. The Balaban J connectivity index is 1.47. The van der Waals surface area contributed by atoms with Gasteiger partial charge in [0.15, 0.2) is 0 Å². The maximum atomic E-state index is 13.2. The molecule has 6 heteroatoms. The molecule has 4 rings (SSSR count). The second-order valence-corrected chi connectivity index (χ2v) is 6.26. The van der Waals surface area contributed by atoms with Crippen LogP contribution in [-0.4, -0.2) is 15.4 Å². The van der Waals surface area contributed by atoms with Crippen LogP contribution in [0.5, 0.6) is 0 Å². The van der Waals surface area contributed by atoms with Crippen LogP contribution in [0.3, 0.4) is 0 Å². The van der Waals surface area contributed by atoms with Gasteiger partial charge in [-0.25, -0.2) is 14.2 Å². The summed E-state index contributed by atoms with van der Waals surface area (Å²) in [6.07, 6.45) is 3.95. The minimum atomic E-state index is -0.434. The number of nitrogens with one attached hydrogen (secondary N) is 2. The van der Waals surface area contributed by atoms with Gasteiger partial charge in [0.2, 0.25) is 0 Å². The van der Waals surface area contributed by atoms with E-state index in [2.05, 4.69) is 15.6 Å². The van der Waals surface area contributed by atoms with Crippen LogP contribution in [0.15, 0.2) is 73.1 Å². The molecule has 2 heterocycles. The zero-order valence-corrected chi connectivity index (χ0v) is 14.6. The molecule has 27 heavy (non-hydrogen) atoms. The van der Waals surface area contributed by atoms with Gasteiger partial charge in [-0.05, 0) is 55.0 Å². The average Bonchev–Trinajstić information content (AvgIpc) is 3.05. The lowest BCUT2D eigenvalue weighted by Gasteiger charge is -2.08. The van der Waals surface area contributed by atoms with Gasteiger partial charge in [-0.3, -0.25) is 0 Å². The molecule has 0 fully saturated rings. The third-order valence-corrected chi connectivity index (χ3v) is 4.14. The number of benzene rings is 2. The number of halogens is 1. The summed E-state index contributed by atoms with van der Waals surface area (Å²) in [6.45, 7) is 2.03. The number of aryl methyl sites for hydroxylation is 1. The van der Waals surface area contributed by atoms with Crippen molar-refractivity contribution < 1.29 is 9.18 Å². The van der Waals surface area contributed by atoms with Gasteiger partial charge in [-0.1, -0.05) is 18.2 Å². The number of nitrogens with zero attached hydrogens (tertiary/aromatic N) is 2. The van der Waals surface area contributed by atoms with E-state index in [0.29, 0.717) is 11.4 Å². The second kappa shape index (κ2) is 6.92. The van der Waals surface area contributed by atoms with E-state index in [1.165, 1.54) is 18.2 Å². The molecule has 2 amide bonds. The summed E-state index contributed by atoms with van der Waals surface area (Å²) < 4.78 is 15.1. The van der Waals surface area contributed by atoms with E-state index in [1.807, 2.05) is 48.0 Å². The maximum absolute atomic E-state index is 13.2. The summed E-state index contributed by atoms with van der Waals surface area (Å²) in [5.74, 6) is -0.403. The molecule has 134 valence electrons. The van der Waals surface area contributed by atoms with Crippen LogP contribution in [-0.2, 0) is 0 Å². The Labute approximate surface area is 155 Å². The number of fused-ring (bicyclic) bond motifs is 1. The molecular formula is C21H17FN4O. The van der Waals surface area contributed by atoms with E-state index in [1.54, 1.807) is 18.2 Å². The van der Waals surface area contributed by atoms with Gasteiger partial charge in [0.1, 0.15) is 11.5 Å². The zero-order valence-electron chi connectivity index (χ0n) is 14.6. The summed E-state index contributed by atoms with van der Waals surface area (Å²) in [4.78, 5) is 16.7. The molecule has 2 aromatic carbocycles. The first-order valence-corrected chi connectivity index (χ1v) is 8.46. The van der Waals surface area contributed by atoms with Gasteiger partial charge in [0, 0.05) is 29.3 Å². The quantitative estimate of drug-likeness (QED) is 0.534. The number of urea groups is 1. The van der Waals surface area contributed by atoms with Crippen LogP contribution in [0.4, 0.5) is 20.6 Å². The number of hydrogen-bond donors (Lipinski definition) is 2. The zero-order chi connectivity index (χ0) is 18.8. The monoisotopic (exact) mass is 360 g/mol. The summed E-state index contributed by atoms with van der Waals surface area (Å²) >= 11 is 0. The molecule has 0 aliphatic carbocycles. The van der Waals surface area contributed by atoms with Gasteiger partial charge in [0.05, 0.1) is 5.69 Å². The molecule has 2 N–H and O–H groups in total. The lowest BCUT2D eigenvalue weighted by molar-refractivity contribution is 0.262. The third kappa shape index (κ3) is 3.79. The predicted molar refractivity (Wildman–Crippen MR) is 104 cm³/mol. The topological polar surface area (TPSA) is 58.4 Å². The Morgan fingerprint density at radius 2 is 1.78 bits per heavy atom. The van der Waals surface area contributed by atoms with Crippen molar-refractivity contribution in [2.24, 2.45) is 0 Å². The van der Waals surface area contributed by atoms with Crippen molar-refractivity contribution in [3.63, 3.8) is 0 Å². The van der Waals surface area contributed by atoms with E-state index >= 15 is 0 Å². The molecule has 0 aliphatic rings. The lowest BCUT2D eigenvalue weighted by atomic mass is 10.1. The normalized spacial score (nSPS) is 10.7. The number of amides is 2. The van der Waals surface area contributed by atoms with Crippen LogP contribution in [0.2, 0.25) is 0 Å². The lowest BCUT2D eigenvalue weighted by Crippen LogP contribution is -2.19. The second-order valence-electron chi connectivity index (χ2n) is 6.26. The van der Waals surface area contributed by atoms with Gasteiger partial charge in [-0.2, -0.15) is 0 Å². The van der Waals surface area contributed by atoms with Gasteiger partial charge in [-0.15, -0.1) is 0 Å². The fraction of sp³-hybridized carbons (Fsp3) is 0.0476. The first-order valence-electron chi connectivity index (χ1n) is 8.46. The molecule has 0 atom stereocenters. The molecule has 0 spiro atoms. The van der Waals surface area contributed by atoms with Gasteiger partial charge >= 0.3 is 6.03 Å². The molecule has 0 saturated heterocycles. The summed E-state index contributed by atoms with van der Waals surface area (Å²) in [6, 6.07) is 16.8. The van der Waals surface area contributed by atoms with Crippen molar-refractivity contribution in [2.45, 2.75) is 6.92 Å². The first-order chi connectivity index (χ1) is 13.1. The van der Waals surface area contributed by atoms with Crippen molar-refractivity contribution in [3.05, 3.63) is 84.4 Å². The van der Waals surface area contributed by atoms with E-state index in [0.717, 1.165) is 22.5 Å². The first kappa shape index (κ1) is 16.8. The number of aromatic nitrogens is 2. The van der Waals surface area contributed by atoms with E-state index in [-0.39, 0.29) is 0 Å². The summed E-state index contributed by atoms with van der Waals surface area (Å²) in [5, 5.41) is 5.32. The highest BCUT2D eigenvalue weighted by Crippen LogP contribution is 2.22. The van der Waals surface area contributed by atoms with Gasteiger partial charge < -0.3 is 15.0 Å². The fourth-order valence-electron chi connectivity index (χ4n) is 2.81. The van der Waals surface area contributed by atoms with E-state index in [4.69, 9.17) is 0 Å². The molecule has 2 aromatic heterocycles. The Bertz CT molecular complexity index is 1120.